The van der Waals surface area contributed by atoms with Crippen LogP contribution in [0, 0.1) is 5.82 Å². The first-order chi connectivity index (χ1) is 14.9. The summed E-state index contributed by atoms with van der Waals surface area (Å²) in [5.41, 5.74) is 0.423. The van der Waals surface area contributed by atoms with E-state index in [4.69, 9.17) is 0 Å². The van der Waals surface area contributed by atoms with Crippen molar-refractivity contribution in [1.29, 1.82) is 0 Å². The molecule has 1 aliphatic heterocycles. The number of likely N-dealkylation sites (N-methyl/N-ethyl adjacent to an activating group) is 1. The van der Waals surface area contributed by atoms with E-state index in [1.54, 1.807) is 29.0 Å². The van der Waals surface area contributed by atoms with Crippen LogP contribution >= 0.6 is 0 Å². The highest BCUT2D eigenvalue weighted by molar-refractivity contribution is 5.97. The molecule has 0 aromatic heterocycles. The van der Waals surface area contributed by atoms with Gasteiger partial charge in [0.05, 0.1) is 6.54 Å². The van der Waals surface area contributed by atoms with Gasteiger partial charge in [-0.2, -0.15) is 0 Å². The van der Waals surface area contributed by atoms with E-state index in [0.717, 1.165) is 25.7 Å². The molecule has 0 atom stereocenters. The number of rotatable bonds is 6. The fourth-order valence-corrected chi connectivity index (χ4v) is 4.11. The second-order valence-electron chi connectivity index (χ2n) is 8.23. The largest absolute Gasteiger partial charge is 0.339 e. The van der Waals surface area contributed by atoms with Gasteiger partial charge in [0.25, 0.3) is 0 Å². The van der Waals surface area contributed by atoms with Crippen molar-refractivity contribution in [3.63, 3.8) is 0 Å². The van der Waals surface area contributed by atoms with Crippen LogP contribution in [0.15, 0.2) is 36.4 Å². The highest BCUT2D eigenvalue weighted by Gasteiger charge is 2.23. The minimum atomic E-state index is -0.401. The molecule has 2 aliphatic rings. The summed E-state index contributed by atoms with van der Waals surface area (Å²) in [5, 5.41) is 2.68. The van der Waals surface area contributed by atoms with Gasteiger partial charge in [-0.25, -0.2) is 4.39 Å². The van der Waals surface area contributed by atoms with E-state index in [2.05, 4.69) is 5.32 Å². The summed E-state index contributed by atoms with van der Waals surface area (Å²) in [6.07, 6.45) is 8.30. The smallest absolute Gasteiger partial charge is 0.246 e. The molecule has 1 saturated heterocycles. The van der Waals surface area contributed by atoms with Crippen LogP contribution in [-0.2, 0) is 14.4 Å². The Morgan fingerprint density at radius 1 is 1.10 bits per heavy atom. The molecule has 2 fully saturated rings. The number of benzene rings is 1. The molecule has 1 N–H and O–H groups in total. The monoisotopic (exact) mass is 430 g/mol. The summed E-state index contributed by atoms with van der Waals surface area (Å²) in [6.45, 7) is 2.28. The Hall–Kier alpha value is -2.74. The van der Waals surface area contributed by atoms with Gasteiger partial charge < -0.3 is 15.1 Å². The highest BCUT2D eigenvalue weighted by Crippen LogP contribution is 2.21. The van der Waals surface area contributed by atoms with E-state index in [1.165, 1.54) is 30.7 Å². The van der Waals surface area contributed by atoms with Crippen LogP contribution in [-0.4, -0.2) is 78.2 Å². The van der Waals surface area contributed by atoms with Crippen LogP contribution in [0.4, 0.5) is 10.1 Å². The summed E-state index contributed by atoms with van der Waals surface area (Å²) in [4.78, 5) is 42.4. The second-order valence-corrected chi connectivity index (χ2v) is 8.23. The number of carbonyl (C=O) groups excluding carboxylic acids is 3. The predicted molar refractivity (Wildman–Crippen MR) is 117 cm³/mol. The lowest BCUT2D eigenvalue weighted by molar-refractivity contribution is -0.130. The number of amides is 3. The third-order valence-corrected chi connectivity index (χ3v) is 6.00. The van der Waals surface area contributed by atoms with Gasteiger partial charge in [0.1, 0.15) is 5.82 Å². The highest BCUT2D eigenvalue weighted by atomic mass is 19.1. The molecule has 1 saturated carbocycles. The van der Waals surface area contributed by atoms with E-state index in [9.17, 15) is 18.8 Å². The number of piperazine rings is 1. The number of hydrogen-bond acceptors (Lipinski definition) is 4. The maximum atomic E-state index is 13.2. The van der Waals surface area contributed by atoms with E-state index in [-0.39, 0.29) is 30.3 Å². The van der Waals surface area contributed by atoms with Crippen LogP contribution in [0.25, 0.3) is 0 Å². The SMILES string of the molecule is CN(C(=O)/C=C/C(=O)N1CCN(CC(=O)Nc2cccc(F)c2)CC1)C1CCCCC1. The van der Waals surface area contributed by atoms with Crippen molar-refractivity contribution in [2.45, 2.75) is 38.1 Å². The van der Waals surface area contributed by atoms with Gasteiger partial charge in [-0.05, 0) is 31.0 Å². The normalized spacial score (nSPS) is 18.2. The van der Waals surface area contributed by atoms with Crippen LogP contribution in [0.1, 0.15) is 32.1 Å². The van der Waals surface area contributed by atoms with Crippen molar-refractivity contribution >= 4 is 23.4 Å². The summed E-state index contributed by atoms with van der Waals surface area (Å²) in [7, 11) is 1.81. The molecule has 31 heavy (non-hydrogen) atoms. The van der Waals surface area contributed by atoms with E-state index in [1.807, 2.05) is 4.90 Å². The van der Waals surface area contributed by atoms with E-state index >= 15 is 0 Å². The van der Waals surface area contributed by atoms with E-state index < -0.39 is 5.82 Å². The molecular weight excluding hydrogens is 399 g/mol. The van der Waals surface area contributed by atoms with Crippen molar-refractivity contribution < 1.29 is 18.8 Å². The lowest BCUT2D eigenvalue weighted by Gasteiger charge is -2.33. The minimum absolute atomic E-state index is 0.132. The second kappa shape index (κ2) is 11.0. The predicted octanol–water partition coefficient (Wildman–Crippen LogP) is 2.26. The van der Waals surface area contributed by atoms with Crippen molar-refractivity contribution in [3.8, 4) is 0 Å². The molecule has 8 heteroatoms. The van der Waals surface area contributed by atoms with Gasteiger partial charge in [0, 0.05) is 57.1 Å². The molecule has 1 heterocycles. The Morgan fingerprint density at radius 3 is 2.48 bits per heavy atom. The molecule has 3 rings (SSSR count). The van der Waals surface area contributed by atoms with Gasteiger partial charge in [0.15, 0.2) is 0 Å². The molecule has 1 aromatic rings. The molecule has 1 aromatic carbocycles. The summed E-state index contributed by atoms with van der Waals surface area (Å²) >= 11 is 0. The van der Waals surface area contributed by atoms with Crippen LogP contribution in [0.5, 0.6) is 0 Å². The molecule has 168 valence electrons. The van der Waals surface area contributed by atoms with E-state index in [0.29, 0.717) is 31.9 Å². The fourth-order valence-electron chi connectivity index (χ4n) is 4.11. The molecule has 0 spiro atoms. The summed E-state index contributed by atoms with van der Waals surface area (Å²) < 4.78 is 13.2. The third kappa shape index (κ3) is 6.89. The van der Waals surface area contributed by atoms with Gasteiger partial charge in [0.2, 0.25) is 17.7 Å². The zero-order chi connectivity index (χ0) is 22.2. The first kappa shape index (κ1) is 22.9. The number of nitrogens with one attached hydrogen (secondary N) is 1. The first-order valence-corrected chi connectivity index (χ1v) is 10.9. The Bertz CT molecular complexity index is 815. The van der Waals surface area contributed by atoms with Crippen LogP contribution < -0.4 is 5.32 Å². The van der Waals surface area contributed by atoms with Crippen molar-refractivity contribution in [2.75, 3.05) is 45.1 Å². The zero-order valence-electron chi connectivity index (χ0n) is 18.1. The standard InChI is InChI=1S/C23H31FN4O3/c1-26(20-8-3-2-4-9-20)22(30)10-11-23(31)28-14-12-27(13-15-28)17-21(29)25-19-7-5-6-18(24)16-19/h5-7,10-11,16,20H,2-4,8-9,12-15,17H2,1H3,(H,25,29)/b11-10+. The Morgan fingerprint density at radius 2 is 1.81 bits per heavy atom. The molecule has 7 nitrogen and oxygen atoms in total. The first-order valence-electron chi connectivity index (χ1n) is 10.9. The number of halogens is 1. The average molecular weight is 431 g/mol. The average Bonchev–Trinajstić information content (AvgIpc) is 2.77. The van der Waals surface area contributed by atoms with Gasteiger partial charge in [-0.15, -0.1) is 0 Å². The van der Waals surface area contributed by atoms with Gasteiger partial charge in [-0.1, -0.05) is 25.3 Å². The third-order valence-electron chi connectivity index (χ3n) is 6.00. The number of anilines is 1. The summed E-state index contributed by atoms with van der Waals surface area (Å²) in [5.74, 6) is -0.940. The van der Waals surface area contributed by atoms with Gasteiger partial charge >= 0.3 is 0 Å². The van der Waals surface area contributed by atoms with Crippen molar-refractivity contribution in [3.05, 3.63) is 42.2 Å². The lowest BCUT2D eigenvalue weighted by atomic mass is 9.94. The number of hydrogen-bond donors (Lipinski definition) is 1. The van der Waals surface area contributed by atoms with Crippen molar-refractivity contribution in [2.24, 2.45) is 0 Å². The number of nitrogens with zero attached hydrogens (tertiary/aromatic N) is 3. The minimum Gasteiger partial charge on any atom is -0.339 e. The topological polar surface area (TPSA) is 73.0 Å². The molecular formula is C23H31FN4O3. The van der Waals surface area contributed by atoms with Crippen LogP contribution in [0.2, 0.25) is 0 Å². The van der Waals surface area contributed by atoms with Crippen LogP contribution in [0.3, 0.4) is 0 Å². The summed E-state index contributed by atoms with van der Waals surface area (Å²) in [6, 6.07) is 6.04. The Balaban J connectivity index is 1.40. The Labute approximate surface area is 182 Å². The maximum Gasteiger partial charge on any atom is 0.246 e. The number of carbonyl (C=O) groups is 3. The Kier molecular flexibility index (Phi) is 8.17. The zero-order valence-corrected chi connectivity index (χ0v) is 18.1. The van der Waals surface area contributed by atoms with Crippen molar-refractivity contribution in [1.82, 2.24) is 14.7 Å². The molecule has 0 radical (unpaired) electrons. The maximum absolute atomic E-state index is 13.2. The molecule has 0 unspecified atom stereocenters. The quantitative estimate of drug-likeness (QED) is 0.703. The molecule has 3 amide bonds. The lowest BCUT2D eigenvalue weighted by Crippen LogP contribution is -2.50. The fraction of sp³-hybridized carbons (Fsp3) is 0.522. The molecule has 1 aliphatic carbocycles. The van der Waals surface area contributed by atoms with Gasteiger partial charge in [-0.3, -0.25) is 19.3 Å². The molecule has 0 bridgehead atoms.